The van der Waals surface area contributed by atoms with Gasteiger partial charge < -0.3 is 18.7 Å². The molecule has 0 aliphatic carbocycles. The summed E-state index contributed by atoms with van der Waals surface area (Å²) in [6.45, 7) is 26.2. The Morgan fingerprint density at radius 3 is 1.32 bits per heavy atom. The van der Waals surface area contributed by atoms with Gasteiger partial charge in [-0.25, -0.2) is 0 Å². The minimum absolute atomic E-state index is 0.0729. The van der Waals surface area contributed by atoms with Gasteiger partial charge >= 0.3 is 11.9 Å². The second kappa shape index (κ2) is 19.6. The van der Waals surface area contributed by atoms with E-state index in [1.807, 2.05) is 11.8 Å². The Labute approximate surface area is 296 Å². The van der Waals surface area contributed by atoms with Crippen molar-refractivity contribution in [2.75, 3.05) is 18.6 Å². The van der Waals surface area contributed by atoms with E-state index in [1.165, 1.54) is 28.0 Å². The molecule has 0 radical (unpaired) electrons. The van der Waals surface area contributed by atoms with Crippen LogP contribution in [0.15, 0.2) is 58.3 Å². The largest absolute Gasteiger partial charge is 0.481 e. The summed E-state index contributed by atoms with van der Waals surface area (Å²) in [5, 5.41) is 9.38. The summed E-state index contributed by atoms with van der Waals surface area (Å²) in [5.41, 5.74) is 2.52. The highest BCUT2D eigenvalue weighted by molar-refractivity contribution is 7.99. The highest BCUT2D eigenvalue weighted by Gasteiger charge is 2.40. The molecule has 0 saturated heterocycles. The van der Waals surface area contributed by atoms with E-state index in [0.29, 0.717) is 6.42 Å². The summed E-state index contributed by atoms with van der Waals surface area (Å²) in [4.78, 5) is 25.4. The second-order valence-corrected chi connectivity index (χ2v) is 27.1. The summed E-state index contributed by atoms with van der Waals surface area (Å²) in [6, 6.07) is 17.0. The van der Waals surface area contributed by atoms with E-state index in [2.05, 4.69) is 130 Å². The first-order chi connectivity index (χ1) is 21.6. The Bertz CT molecular complexity index is 1220. The minimum atomic E-state index is -1.94. The maximum Gasteiger partial charge on any atom is 0.308 e. The number of esters is 1. The normalized spacial score (nSPS) is 13.7. The van der Waals surface area contributed by atoms with E-state index >= 15 is 0 Å². The molecule has 2 aromatic carbocycles. The molecule has 0 aliphatic rings. The number of carbonyl (C=O) groups excluding carboxylic acids is 1. The first kappa shape index (κ1) is 43.5. The van der Waals surface area contributed by atoms with Crippen molar-refractivity contribution in [1.82, 2.24) is 0 Å². The molecule has 2 unspecified atom stereocenters. The van der Waals surface area contributed by atoms with Crippen molar-refractivity contribution < 1.29 is 28.3 Å². The van der Waals surface area contributed by atoms with Gasteiger partial charge in [0.25, 0.3) is 0 Å². The molecule has 0 aromatic heterocycles. The lowest BCUT2D eigenvalue weighted by Gasteiger charge is -2.39. The highest BCUT2D eigenvalue weighted by Crippen LogP contribution is 2.39. The fraction of sp³-hybridized carbons (Fsp3) is 0.622. The Balaban J connectivity index is 0.000000470. The van der Waals surface area contributed by atoms with Crippen molar-refractivity contribution in [2.24, 2.45) is 0 Å². The summed E-state index contributed by atoms with van der Waals surface area (Å²) >= 11 is 3.57. The Morgan fingerprint density at radius 1 is 0.681 bits per heavy atom. The molecule has 47 heavy (non-hydrogen) atoms. The molecule has 0 spiro atoms. The van der Waals surface area contributed by atoms with Crippen LogP contribution in [0.5, 0.6) is 0 Å². The van der Waals surface area contributed by atoms with Gasteiger partial charge in [-0.1, -0.05) is 76.9 Å². The summed E-state index contributed by atoms with van der Waals surface area (Å²) in [6.07, 6.45) is 1.75. The standard InChI is InChI=1S/C19H32O3SSi.C18H30O3SSi/c1-15-8-10-17(11-9-15)23-13-12-16(14-18(20)21-5)22-24(6,7)19(2,3)4;1-14-7-9-16(10-8-14)22-12-11-15(13-17(19)20)21-23(5,6)18(2,3)4/h8-11,16H,12-14H2,1-7H3;7-10,15H,11-13H2,1-6H3,(H,19,20). The monoisotopic (exact) mass is 722 g/mol. The zero-order valence-corrected chi connectivity index (χ0v) is 35.0. The van der Waals surface area contributed by atoms with Gasteiger partial charge in [0.05, 0.1) is 32.2 Å². The molecule has 2 atom stereocenters. The van der Waals surface area contributed by atoms with Gasteiger partial charge in [-0.2, -0.15) is 0 Å². The molecule has 2 aromatic rings. The number of hydrogen-bond donors (Lipinski definition) is 1. The van der Waals surface area contributed by atoms with Gasteiger partial charge in [0.15, 0.2) is 16.6 Å². The number of carboxylic acids is 1. The van der Waals surface area contributed by atoms with Gasteiger partial charge in [-0.15, -0.1) is 23.5 Å². The van der Waals surface area contributed by atoms with Crippen molar-refractivity contribution in [3.05, 3.63) is 59.7 Å². The predicted molar refractivity (Wildman–Crippen MR) is 206 cm³/mol. The number of benzene rings is 2. The molecule has 0 bridgehead atoms. The van der Waals surface area contributed by atoms with Crippen LogP contribution >= 0.6 is 23.5 Å². The van der Waals surface area contributed by atoms with Crippen molar-refractivity contribution >= 4 is 52.1 Å². The Morgan fingerprint density at radius 2 is 1.02 bits per heavy atom. The topological polar surface area (TPSA) is 82.1 Å². The highest BCUT2D eigenvalue weighted by atomic mass is 32.2. The number of aliphatic carboxylic acids is 1. The van der Waals surface area contributed by atoms with Crippen LogP contribution in [0.1, 0.15) is 78.4 Å². The lowest BCUT2D eigenvalue weighted by Crippen LogP contribution is -2.44. The van der Waals surface area contributed by atoms with Gasteiger partial charge in [-0.3, -0.25) is 9.59 Å². The number of methoxy groups -OCH3 is 1. The molecule has 0 amide bonds. The first-order valence-electron chi connectivity index (χ1n) is 16.6. The second-order valence-electron chi connectivity index (χ2n) is 15.3. The van der Waals surface area contributed by atoms with Crippen LogP contribution in [-0.4, -0.2) is 64.5 Å². The molecule has 0 saturated carbocycles. The summed E-state index contributed by atoms with van der Waals surface area (Å²) < 4.78 is 17.6. The molecule has 10 heteroatoms. The molecule has 0 fully saturated rings. The van der Waals surface area contributed by atoms with Crippen LogP contribution in [0.2, 0.25) is 36.3 Å². The lowest BCUT2D eigenvalue weighted by molar-refractivity contribution is -0.142. The zero-order valence-electron chi connectivity index (χ0n) is 31.3. The number of rotatable bonds is 16. The number of thioether (sulfide) groups is 2. The number of carboxylic acid groups (broad SMARTS) is 1. The van der Waals surface area contributed by atoms with E-state index in [1.54, 1.807) is 11.8 Å². The molecule has 2 rings (SSSR count). The summed E-state index contributed by atoms with van der Waals surface area (Å²) in [5.74, 6) is 0.822. The van der Waals surface area contributed by atoms with Crippen LogP contribution in [0.3, 0.4) is 0 Å². The Hall–Kier alpha value is -1.57. The van der Waals surface area contributed by atoms with E-state index in [0.717, 1.165) is 24.3 Å². The molecule has 1 N–H and O–H groups in total. The molecule has 266 valence electrons. The number of hydrogen-bond acceptors (Lipinski definition) is 7. The third-order valence-electron chi connectivity index (χ3n) is 9.02. The average molecular weight is 723 g/mol. The van der Waals surface area contributed by atoms with Gasteiger partial charge in [-0.05, 0) is 87.2 Å². The van der Waals surface area contributed by atoms with E-state index < -0.39 is 22.6 Å². The molecule has 0 aliphatic heterocycles. The van der Waals surface area contributed by atoms with Crippen LogP contribution in [0, 0.1) is 13.8 Å². The smallest absolute Gasteiger partial charge is 0.308 e. The average Bonchev–Trinajstić information content (AvgIpc) is 2.93. The van der Waals surface area contributed by atoms with E-state index in [-0.39, 0.29) is 34.7 Å². The van der Waals surface area contributed by atoms with Crippen molar-refractivity contribution in [3.63, 3.8) is 0 Å². The number of carbonyl (C=O) groups is 2. The van der Waals surface area contributed by atoms with Gasteiger partial charge in [0.1, 0.15) is 0 Å². The molecule has 6 nitrogen and oxygen atoms in total. The van der Waals surface area contributed by atoms with Gasteiger partial charge in [0, 0.05) is 21.3 Å². The van der Waals surface area contributed by atoms with Crippen LogP contribution in [-0.2, 0) is 23.2 Å². The van der Waals surface area contributed by atoms with E-state index in [4.69, 9.17) is 18.7 Å². The minimum Gasteiger partial charge on any atom is -0.481 e. The van der Waals surface area contributed by atoms with Crippen molar-refractivity contribution in [3.8, 4) is 0 Å². The Kier molecular flexibility index (Phi) is 18.1. The maximum absolute atomic E-state index is 11.7. The first-order valence-corrected chi connectivity index (χ1v) is 24.4. The zero-order chi connectivity index (χ0) is 36.1. The molecular formula is C37H62O6S2Si2. The third kappa shape index (κ3) is 17.1. The summed E-state index contributed by atoms with van der Waals surface area (Å²) in [7, 11) is -2.41. The van der Waals surface area contributed by atoms with Crippen LogP contribution < -0.4 is 0 Å². The van der Waals surface area contributed by atoms with Crippen molar-refractivity contribution in [2.45, 2.75) is 139 Å². The third-order valence-corrected chi connectivity index (χ3v) is 20.2. The van der Waals surface area contributed by atoms with E-state index in [9.17, 15) is 9.59 Å². The predicted octanol–water partition coefficient (Wildman–Crippen LogP) is 10.8. The molecule has 0 heterocycles. The van der Waals surface area contributed by atoms with Crippen LogP contribution in [0.4, 0.5) is 0 Å². The fourth-order valence-electron chi connectivity index (χ4n) is 3.94. The maximum atomic E-state index is 11.7. The lowest BCUT2D eigenvalue weighted by atomic mass is 10.2. The fourth-order valence-corrected chi connectivity index (χ4v) is 8.61. The molecular weight excluding hydrogens is 661 g/mol. The van der Waals surface area contributed by atoms with Crippen LogP contribution in [0.25, 0.3) is 0 Å². The number of aryl methyl sites for hydroxylation is 2. The van der Waals surface area contributed by atoms with Gasteiger partial charge in [0.2, 0.25) is 0 Å². The quantitative estimate of drug-likeness (QED) is 0.104. The number of ether oxygens (including phenoxy) is 1. The van der Waals surface area contributed by atoms with Crippen molar-refractivity contribution in [1.29, 1.82) is 0 Å². The SMILES string of the molecule is COC(=O)CC(CCSc1ccc(C)cc1)O[Si](C)(C)C(C)(C)C.Cc1ccc(SCCC(CC(=O)O)O[Si](C)(C)C(C)(C)C)cc1.